The van der Waals surface area contributed by atoms with Crippen molar-refractivity contribution in [2.45, 2.75) is 26.2 Å². The molecule has 1 aliphatic carbocycles. The zero-order valence-electron chi connectivity index (χ0n) is 13.1. The third-order valence-corrected chi connectivity index (χ3v) is 4.08. The van der Waals surface area contributed by atoms with Crippen molar-refractivity contribution in [3.05, 3.63) is 46.8 Å². The summed E-state index contributed by atoms with van der Waals surface area (Å²) >= 11 is 0. The first-order valence-electron chi connectivity index (χ1n) is 7.56. The zero-order valence-corrected chi connectivity index (χ0v) is 13.1. The average Bonchev–Trinajstić information content (AvgIpc) is 2.97. The predicted molar refractivity (Wildman–Crippen MR) is 83.4 cm³/mol. The molecule has 3 rings (SSSR count). The van der Waals surface area contributed by atoms with E-state index in [1.54, 1.807) is 24.3 Å². The Morgan fingerprint density at radius 2 is 2.13 bits per heavy atom. The third-order valence-electron chi connectivity index (χ3n) is 4.08. The van der Waals surface area contributed by atoms with Crippen LogP contribution in [0.25, 0.3) is 0 Å². The molecule has 0 saturated carbocycles. The Labute approximate surface area is 133 Å². The van der Waals surface area contributed by atoms with E-state index in [4.69, 9.17) is 9.26 Å². The van der Waals surface area contributed by atoms with E-state index in [0.717, 1.165) is 30.6 Å². The molecule has 0 spiro atoms. The number of para-hydroxylation sites is 1. The Kier molecular flexibility index (Phi) is 4.14. The van der Waals surface area contributed by atoms with Gasteiger partial charge in [-0.15, -0.1) is 0 Å². The Balaban J connectivity index is 1.86. The molecule has 1 aromatic heterocycles. The van der Waals surface area contributed by atoms with Gasteiger partial charge in [0.1, 0.15) is 5.76 Å². The fraction of sp³-hybridized carbons (Fsp3) is 0.353. The van der Waals surface area contributed by atoms with Crippen LogP contribution >= 0.6 is 0 Å². The number of carbonyl (C=O) groups is 2. The van der Waals surface area contributed by atoms with E-state index in [0.29, 0.717) is 22.9 Å². The Bertz CT molecular complexity index is 751. The Morgan fingerprint density at radius 3 is 2.91 bits per heavy atom. The number of esters is 1. The lowest BCUT2D eigenvalue weighted by molar-refractivity contribution is 0.0602. The second kappa shape index (κ2) is 6.24. The summed E-state index contributed by atoms with van der Waals surface area (Å²) in [6.45, 7) is 2.14. The summed E-state index contributed by atoms with van der Waals surface area (Å²) in [6, 6.07) is 6.70. The number of hydrogen-bond donors (Lipinski definition) is 1. The van der Waals surface area contributed by atoms with Crippen LogP contribution in [-0.4, -0.2) is 24.1 Å². The molecule has 0 bridgehead atoms. The van der Waals surface area contributed by atoms with Gasteiger partial charge in [-0.1, -0.05) is 24.2 Å². The first-order valence-corrected chi connectivity index (χ1v) is 7.56. The van der Waals surface area contributed by atoms with Gasteiger partial charge in [0.15, 0.2) is 5.69 Å². The van der Waals surface area contributed by atoms with Gasteiger partial charge in [0.05, 0.1) is 18.4 Å². The first kappa shape index (κ1) is 15.3. The molecule has 0 unspecified atom stereocenters. The van der Waals surface area contributed by atoms with Crippen LogP contribution in [0.5, 0.6) is 0 Å². The van der Waals surface area contributed by atoms with Gasteiger partial charge < -0.3 is 14.6 Å². The SMILES string of the molecule is COC(=O)c1ccccc1NC(=O)c1noc2c1C[C@H](C)CC2. The number of ether oxygens (including phenoxy) is 1. The number of methoxy groups -OCH3 is 1. The highest BCUT2D eigenvalue weighted by atomic mass is 16.5. The van der Waals surface area contributed by atoms with Crippen LogP contribution in [0.2, 0.25) is 0 Å². The number of rotatable bonds is 3. The van der Waals surface area contributed by atoms with Crippen LogP contribution in [0, 0.1) is 5.92 Å². The maximum atomic E-state index is 12.5. The second-order valence-corrected chi connectivity index (χ2v) is 5.77. The number of benzene rings is 1. The molecule has 1 heterocycles. The summed E-state index contributed by atoms with van der Waals surface area (Å²) < 4.78 is 10.0. The molecular weight excluding hydrogens is 296 g/mol. The fourth-order valence-electron chi connectivity index (χ4n) is 2.82. The van der Waals surface area contributed by atoms with E-state index in [1.807, 2.05) is 0 Å². The lowest BCUT2D eigenvalue weighted by Crippen LogP contribution is -2.19. The number of aryl methyl sites for hydroxylation is 1. The van der Waals surface area contributed by atoms with Crippen LogP contribution in [0.15, 0.2) is 28.8 Å². The summed E-state index contributed by atoms with van der Waals surface area (Å²) in [5, 5.41) is 6.65. The van der Waals surface area contributed by atoms with Crippen molar-refractivity contribution in [3.8, 4) is 0 Å². The van der Waals surface area contributed by atoms with Crippen molar-refractivity contribution in [2.75, 3.05) is 12.4 Å². The minimum absolute atomic E-state index is 0.297. The second-order valence-electron chi connectivity index (χ2n) is 5.77. The van der Waals surface area contributed by atoms with Gasteiger partial charge in [0.2, 0.25) is 0 Å². The lowest BCUT2D eigenvalue weighted by atomic mass is 9.88. The van der Waals surface area contributed by atoms with Gasteiger partial charge in [0, 0.05) is 12.0 Å². The molecule has 6 heteroatoms. The lowest BCUT2D eigenvalue weighted by Gasteiger charge is -2.16. The number of amides is 1. The zero-order chi connectivity index (χ0) is 16.4. The van der Waals surface area contributed by atoms with E-state index in [-0.39, 0.29) is 5.91 Å². The average molecular weight is 314 g/mol. The monoisotopic (exact) mass is 314 g/mol. The van der Waals surface area contributed by atoms with Crippen molar-refractivity contribution in [2.24, 2.45) is 5.92 Å². The molecule has 23 heavy (non-hydrogen) atoms. The van der Waals surface area contributed by atoms with Crippen LogP contribution < -0.4 is 5.32 Å². The molecule has 6 nitrogen and oxygen atoms in total. The van der Waals surface area contributed by atoms with E-state index >= 15 is 0 Å². The van der Waals surface area contributed by atoms with Crippen LogP contribution in [-0.2, 0) is 17.6 Å². The highest BCUT2D eigenvalue weighted by Gasteiger charge is 2.27. The van der Waals surface area contributed by atoms with Gasteiger partial charge >= 0.3 is 5.97 Å². The number of nitrogens with zero attached hydrogens (tertiary/aromatic N) is 1. The highest BCUT2D eigenvalue weighted by Crippen LogP contribution is 2.28. The molecule has 0 radical (unpaired) electrons. The van der Waals surface area contributed by atoms with E-state index < -0.39 is 5.97 Å². The van der Waals surface area contributed by atoms with Gasteiger partial charge in [-0.3, -0.25) is 4.79 Å². The van der Waals surface area contributed by atoms with Gasteiger partial charge in [-0.25, -0.2) is 4.79 Å². The number of anilines is 1. The van der Waals surface area contributed by atoms with E-state index in [1.165, 1.54) is 7.11 Å². The number of fused-ring (bicyclic) bond motifs is 1. The Hall–Kier alpha value is -2.63. The highest BCUT2D eigenvalue weighted by molar-refractivity contribution is 6.07. The molecule has 1 atom stereocenters. The Morgan fingerprint density at radius 1 is 1.35 bits per heavy atom. The molecule has 120 valence electrons. The largest absolute Gasteiger partial charge is 0.465 e. The normalized spacial score (nSPS) is 16.5. The number of carbonyl (C=O) groups excluding carboxylic acids is 2. The summed E-state index contributed by atoms with van der Waals surface area (Å²) in [5.74, 6) is 0.405. The third kappa shape index (κ3) is 2.97. The van der Waals surface area contributed by atoms with Crippen LogP contribution in [0.3, 0.4) is 0 Å². The van der Waals surface area contributed by atoms with Crippen molar-refractivity contribution >= 4 is 17.6 Å². The summed E-state index contributed by atoms with van der Waals surface area (Å²) in [6.07, 6.45) is 2.62. The predicted octanol–water partition coefficient (Wildman–Crippen LogP) is 2.84. The van der Waals surface area contributed by atoms with Crippen molar-refractivity contribution in [3.63, 3.8) is 0 Å². The van der Waals surface area contributed by atoms with Gasteiger partial charge in [0.25, 0.3) is 5.91 Å². The molecule has 2 aromatic rings. The molecule has 0 saturated heterocycles. The molecule has 1 aliphatic rings. The summed E-state index contributed by atoms with van der Waals surface area (Å²) in [4.78, 5) is 24.3. The minimum atomic E-state index is -0.503. The molecular formula is C17H18N2O4. The quantitative estimate of drug-likeness (QED) is 0.881. The molecule has 1 N–H and O–H groups in total. The standard InChI is InChI=1S/C17H18N2O4/c1-10-7-8-14-12(9-10)15(19-23-14)16(20)18-13-6-4-3-5-11(13)17(21)22-2/h3-6,10H,7-9H2,1-2H3,(H,18,20)/t10-/m1/s1. The van der Waals surface area contributed by atoms with Crippen LogP contribution in [0.4, 0.5) is 5.69 Å². The van der Waals surface area contributed by atoms with Crippen molar-refractivity contribution in [1.29, 1.82) is 0 Å². The van der Waals surface area contributed by atoms with E-state index in [2.05, 4.69) is 17.4 Å². The number of aromatic nitrogens is 1. The molecule has 1 amide bonds. The number of nitrogens with one attached hydrogen (secondary N) is 1. The maximum absolute atomic E-state index is 12.5. The molecule has 0 aliphatic heterocycles. The smallest absolute Gasteiger partial charge is 0.339 e. The first-order chi connectivity index (χ1) is 11.1. The topological polar surface area (TPSA) is 81.4 Å². The number of hydrogen-bond acceptors (Lipinski definition) is 5. The maximum Gasteiger partial charge on any atom is 0.339 e. The minimum Gasteiger partial charge on any atom is -0.465 e. The summed E-state index contributed by atoms with van der Waals surface area (Å²) in [5.41, 5.74) is 1.86. The summed E-state index contributed by atoms with van der Waals surface area (Å²) in [7, 11) is 1.30. The van der Waals surface area contributed by atoms with Crippen LogP contribution in [0.1, 0.15) is 45.5 Å². The van der Waals surface area contributed by atoms with Crippen molar-refractivity contribution < 1.29 is 18.8 Å². The van der Waals surface area contributed by atoms with Crippen molar-refractivity contribution in [1.82, 2.24) is 5.16 Å². The van der Waals surface area contributed by atoms with E-state index in [9.17, 15) is 9.59 Å². The molecule has 0 fully saturated rings. The van der Waals surface area contributed by atoms with Gasteiger partial charge in [-0.2, -0.15) is 0 Å². The van der Waals surface area contributed by atoms with Gasteiger partial charge in [-0.05, 0) is 30.9 Å². The fourth-order valence-corrected chi connectivity index (χ4v) is 2.82. The molecule has 1 aromatic carbocycles.